The quantitative estimate of drug-likeness (QED) is 0.298. The predicted octanol–water partition coefficient (Wildman–Crippen LogP) is 3.54. The Bertz CT molecular complexity index is 1640. The van der Waals surface area contributed by atoms with Crippen LogP contribution in [0.5, 0.6) is 0 Å². The molecule has 202 valence electrons. The van der Waals surface area contributed by atoms with Gasteiger partial charge in [0.1, 0.15) is 0 Å². The summed E-state index contributed by atoms with van der Waals surface area (Å²) < 4.78 is 28.1. The molecule has 2 N–H and O–H groups in total. The number of carbonyl (C=O) groups excluding carboxylic acids is 2. The van der Waals surface area contributed by atoms with Crippen molar-refractivity contribution in [1.82, 2.24) is 25.0 Å². The molecule has 12 heteroatoms. The van der Waals surface area contributed by atoms with E-state index >= 15 is 0 Å². The fraction of sp³-hybridized carbons (Fsp3) is 0.259. The third kappa shape index (κ3) is 5.77. The maximum Gasteiger partial charge on any atom is 0.257 e. The molecule has 2 amide bonds. The van der Waals surface area contributed by atoms with Gasteiger partial charge in [0.05, 0.1) is 33.8 Å². The Hall–Kier alpha value is -3.87. The number of nitrogens with one attached hydrogen (secondary N) is 2. The molecule has 5 rings (SSSR count). The Morgan fingerprint density at radius 3 is 2.74 bits per heavy atom. The summed E-state index contributed by atoms with van der Waals surface area (Å²) in [6.07, 6.45) is 8.70. The zero-order valence-electron chi connectivity index (χ0n) is 21.5. The summed E-state index contributed by atoms with van der Waals surface area (Å²) in [5, 5.41) is 10.6. The van der Waals surface area contributed by atoms with Gasteiger partial charge in [-0.15, -0.1) is 0 Å². The Labute approximate surface area is 230 Å². The molecule has 0 aliphatic carbocycles. The van der Waals surface area contributed by atoms with Crippen LogP contribution >= 0.6 is 11.3 Å². The van der Waals surface area contributed by atoms with Crippen LogP contribution in [0.1, 0.15) is 44.0 Å². The number of aryl methyl sites for hydroxylation is 1. The molecule has 2 aromatic carbocycles. The zero-order chi connectivity index (χ0) is 27.6. The number of benzene rings is 2. The van der Waals surface area contributed by atoms with Gasteiger partial charge in [-0.2, -0.15) is 5.10 Å². The van der Waals surface area contributed by atoms with E-state index in [-0.39, 0.29) is 33.2 Å². The van der Waals surface area contributed by atoms with E-state index in [2.05, 4.69) is 39.7 Å². The van der Waals surface area contributed by atoms with Gasteiger partial charge in [0.25, 0.3) is 11.8 Å². The molecule has 4 aromatic rings. The van der Waals surface area contributed by atoms with E-state index in [1.807, 2.05) is 12.4 Å². The summed E-state index contributed by atoms with van der Waals surface area (Å²) in [5.41, 5.74) is 1.51. The first-order chi connectivity index (χ1) is 18.7. The van der Waals surface area contributed by atoms with E-state index in [4.69, 9.17) is 0 Å². The van der Waals surface area contributed by atoms with E-state index in [0.29, 0.717) is 5.13 Å². The van der Waals surface area contributed by atoms with Gasteiger partial charge in [-0.25, -0.2) is 18.1 Å². The first-order valence-electron chi connectivity index (χ1n) is 12.4. The molecule has 0 saturated heterocycles. The van der Waals surface area contributed by atoms with Crippen LogP contribution < -0.4 is 10.6 Å². The lowest BCUT2D eigenvalue weighted by molar-refractivity contribution is 0.0949. The van der Waals surface area contributed by atoms with Crippen LogP contribution in [-0.4, -0.2) is 60.5 Å². The maximum atomic E-state index is 13.2. The van der Waals surface area contributed by atoms with Crippen molar-refractivity contribution in [3.05, 3.63) is 82.6 Å². The van der Waals surface area contributed by atoms with Gasteiger partial charge in [0.15, 0.2) is 0 Å². The number of unbranched alkanes of at least 4 members (excludes halogenated alkanes) is 1. The smallest absolute Gasteiger partial charge is 0.257 e. The van der Waals surface area contributed by atoms with Crippen LogP contribution in [0, 0.1) is 0 Å². The van der Waals surface area contributed by atoms with Gasteiger partial charge in [-0.3, -0.25) is 9.59 Å². The molecule has 0 fully saturated rings. The number of carbonyl (C=O) groups is 2. The molecule has 10 nitrogen and oxygen atoms in total. The van der Waals surface area contributed by atoms with Crippen LogP contribution in [-0.2, 0) is 22.8 Å². The minimum absolute atomic E-state index is 0.0549. The Balaban J connectivity index is 1.23. The van der Waals surface area contributed by atoms with E-state index in [1.54, 1.807) is 23.0 Å². The lowest BCUT2D eigenvalue weighted by atomic mass is 10.1. The summed E-state index contributed by atoms with van der Waals surface area (Å²) in [6, 6.07) is 10.2. The van der Waals surface area contributed by atoms with Crippen LogP contribution in [0.15, 0.2) is 70.8 Å². The second-order valence-electron chi connectivity index (χ2n) is 9.51. The topological polar surface area (TPSA) is 126 Å². The van der Waals surface area contributed by atoms with Gasteiger partial charge in [-0.05, 0) is 75.8 Å². The second-order valence-corrected chi connectivity index (χ2v) is 12.5. The molecule has 0 saturated carbocycles. The average molecular weight is 565 g/mol. The molecular formula is C27H28N6O4S2. The minimum atomic E-state index is -3.93. The molecule has 0 radical (unpaired) electrons. The first-order valence-corrected chi connectivity index (χ1v) is 14.7. The van der Waals surface area contributed by atoms with Gasteiger partial charge in [0.2, 0.25) is 15.0 Å². The molecular weight excluding hydrogens is 536 g/mol. The highest BCUT2D eigenvalue weighted by Crippen LogP contribution is 2.34. The summed E-state index contributed by atoms with van der Waals surface area (Å²) in [6.45, 7) is 1.30. The van der Waals surface area contributed by atoms with E-state index in [1.165, 1.54) is 41.7 Å². The third-order valence-electron chi connectivity index (χ3n) is 6.32. The highest BCUT2D eigenvalue weighted by molar-refractivity contribution is 7.91. The predicted molar refractivity (Wildman–Crippen MR) is 148 cm³/mol. The summed E-state index contributed by atoms with van der Waals surface area (Å²) in [4.78, 5) is 32.9. The van der Waals surface area contributed by atoms with Gasteiger partial charge in [0, 0.05) is 22.8 Å². The minimum Gasteiger partial charge on any atom is -0.347 e. The second kappa shape index (κ2) is 11.1. The van der Waals surface area contributed by atoms with Crippen molar-refractivity contribution in [3.8, 4) is 5.13 Å². The van der Waals surface area contributed by atoms with Gasteiger partial charge in [-0.1, -0.05) is 23.5 Å². The number of aromatic nitrogens is 3. The van der Waals surface area contributed by atoms with Crippen molar-refractivity contribution in [2.24, 2.45) is 0 Å². The Kier molecular flexibility index (Phi) is 7.60. The zero-order valence-corrected chi connectivity index (χ0v) is 23.2. The van der Waals surface area contributed by atoms with Crippen molar-refractivity contribution in [1.29, 1.82) is 0 Å². The molecule has 0 spiro atoms. The number of thiazole rings is 1. The molecule has 39 heavy (non-hydrogen) atoms. The number of hydrogen-bond donors (Lipinski definition) is 2. The molecule has 2 aromatic heterocycles. The molecule has 1 aliphatic rings. The van der Waals surface area contributed by atoms with Gasteiger partial charge < -0.3 is 15.5 Å². The standard InChI is InChI=1S/C27H28N6O4S2/c1-32(2)12-6-5-7-18-14-30-33(17-18)27-29-16-20(38-27)15-28-25(34)19-10-11-24-22(13-19)31-26(35)21-8-3-4-9-23(21)39(24,36)37/h3-4,8-11,13-14,16-17H,5-7,12,15H2,1-2H3,(H,28,34)(H,31,35). The first kappa shape index (κ1) is 26.7. The number of hydrogen-bond acceptors (Lipinski definition) is 8. The van der Waals surface area contributed by atoms with Crippen molar-refractivity contribution in [3.63, 3.8) is 0 Å². The fourth-order valence-corrected chi connectivity index (χ4v) is 6.68. The average Bonchev–Trinajstić information content (AvgIpc) is 3.57. The fourth-order valence-electron chi connectivity index (χ4n) is 4.31. The van der Waals surface area contributed by atoms with Crippen molar-refractivity contribution >= 4 is 38.7 Å². The van der Waals surface area contributed by atoms with Crippen LogP contribution in [0.25, 0.3) is 5.13 Å². The number of nitrogens with zero attached hydrogens (tertiary/aromatic N) is 4. The molecule has 0 atom stereocenters. The SMILES string of the molecule is CN(C)CCCCc1cnn(-c2ncc(CNC(=O)c3ccc4c(c3)NC(=O)c3ccccc3S4(=O)=O)s2)c1. The van der Waals surface area contributed by atoms with E-state index < -0.39 is 21.7 Å². The Morgan fingerprint density at radius 1 is 1.10 bits per heavy atom. The highest BCUT2D eigenvalue weighted by atomic mass is 32.2. The maximum absolute atomic E-state index is 13.2. The van der Waals surface area contributed by atoms with Gasteiger partial charge >= 0.3 is 0 Å². The van der Waals surface area contributed by atoms with Crippen LogP contribution in [0.2, 0.25) is 0 Å². The van der Waals surface area contributed by atoms with Crippen LogP contribution in [0.4, 0.5) is 5.69 Å². The Morgan fingerprint density at radius 2 is 1.92 bits per heavy atom. The van der Waals surface area contributed by atoms with Crippen molar-refractivity contribution in [2.75, 3.05) is 26.0 Å². The van der Waals surface area contributed by atoms with E-state index in [9.17, 15) is 18.0 Å². The molecule has 0 bridgehead atoms. The summed E-state index contributed by atoms with van der Waals surface area (Å²) >= 11 is 1.42. The number of sulfone groups is 1. The molecule has 0 unspecified atom stereocenters. The number of amides is 2. The highest BCUT2D eigenvalue weighted by Gasteiger charge is 2.31. The number of fused-ring (bicyclic) bond motifs is 2. The number of rotatable bonds is 9. The van der Waals surface area contributed by atoms with E-state index in [0.717, 1.165) is 36.2 Å². The van der Waals surface area contributed by atoms with Crippen molar-refractivity contribution in [2.45, 2.75) is 35.6 Å². The summed E-state index contributed by atoms with van der Waals surface area (Å²) in [5.74, 6) is -0.946. The van der Waals surface area contributed by atoms with Crippen LogP contribution in [0.3, 0.4) is 0 Å². The third-order valence-corrected chi connectivity index (χ3v) is 9.18. The normalized spacial score (nSPS) is 13.9. The molecule has 3 heterocycles. The largest absolute Gasteiger partial charge is 0.347 e. The number of anilines is 1. The lowest BCUT2D eigenvalue weighted by Crippen LogP contribution is -2.22. The molecule has 1 aliphatic heterocycles. The van der Waals surface area contributed by atoms with Crippen molar-refractivity contribution < 1.29 is 18.0 Å². The lowest BCUT2D eigenvalue weighted by Gasteiger charge is -2.10. The monoisotopic (exact) mass is 564 g/mol. The summed E-state index contributed by atoms with van der Waals surface area (Å²) in [7, 11) is 0.206.